The van der Waals surface area contributed by atoms with Gasteiger partial charge in [0.2, 0.25) is 0 Å². The van der Waals surface area contributed by atoms with Crippen molar-refractivity contribution in [2.45, 2.75) is 25.7 Å². The second-order valence-corrected chi connectivity index (χ2v) is 6.98. The van der Waals surface area contributed by atoms with Crippen LogP contribution in [0.4, 0.5) is 5.00 Å². The van der Waals surface area contributed by atoms with Crippen LogP contribution in [-0.2, 0) is 28.9 Å². The summed E-state index contributed by atoms with van der Waals surface area (Å²) >= 11 is 1.33. The molecule has 0 aliphatic heterocycles. The Bertz CT molecular complexity index is 814. The van der Waals surface area contributed by atoms with Gasteiger partial charge in [-0.15, -0.1) is 11.3 Å². The molecule has 0 saturated carbocycles. The minimum absolute atomic E-state index is 0.350. The largest absolute Gasteiger partial charge is 0.365 e. The first-order valence-corrected chi connectivity index (χ1v) is 8.95. The highest BCUT2D eigenvalue weighted by atomic mass is 32.1. The first-order valence-electron chi connectivity index (χ1n) is 8.13. The quantitative estimate of drug-likeness (QED) is 0.709. The number of thiophene rings is 1. The molecule has 0 saturated heterocycles. The summed E-state index contributed by atoms with van der Waals surface area (Å²) in [6.45, 7) is 0.361. The Labute approximate surface area is 149 Å². The third-order valence-electron chi connectivity index (χ3n) is 4.14. The van der Waals surface area contributed by atoms with E-state index < -0.39 is 17.7 Å². The van der Waals surface area contributed by atoms with Crippen LogP contribution in [0.1, 0.15) is 32.8 Å². The fraction of sp³-hybridized carbons (Fsp3) is 0.278. The topological polar surface area (TPSA) is 101 Å². The van der Waals surface area contributed by atoms with Gasteiger partial charge >= 0.3 is 11.8 Å². The third kappa shape index (κ3) is 3.88. The number of anilines is 1. The van der Waals surface area contributed by atoms with Crippen LogP contribution in [0, 0.1) is 0 Å². The van der Waals surface area contributed by atoms with E-state index in [2.05, 4.69) is 10.6 Å². The predicted octanol–water partition coefficient (Wildman–Crippen LogP) is 1.63. The van der Waals surface area contributed by atoms with Crippen LogP contribution < -0.4 is 16.4 Å². The van der Waals surface area contributed by atoms with Gasteiger partial charge in [0.05, 0.1) is 5.56 Å². The number of nitrogens with two attached hydrogens (primary N) is 1. The Morgan fingerprint density at radius 1 is 1.08 bits per heavy atom. The molecule has 0 unspecified atom stereocenters. The number of nitrogens with one attached hydrogen (secondary N) is 2. The zero-order valence-corrected chi connectivity index (χ0v) is 14.4. The van der Waals surface area contributed by atoms with E-state index in [1.54, 1.807) is 0 Å². The molecule has 1 aromatic carbocycles. The molecule has 130 valence electrons. The fourth-order valence-electron chi connectivity index (χ4n) is 2.96. The lowest BCUT2D eigenvalue weighted by molar-refractivity contribution is -0.136. The smallest absolute Gasteiger partial charge is 0.314 e. The second kappa shape index (κ2) is 7.48. The van der Waals surface area contributed by atoms with Crippen molar-refractivity contribution in [3.63, 3.8) is 0 Å². The van der Waals surface area contributed by atoms with Crippen LogP contribution >= 0.6 is 11.3 Å². The van der Waals surface area contributed by atoms with Gasteiger partial charge in [0.25, 0.3) is 5.91 Å². The van der Waals surface area contributed by atoms with E-state index in [1.165, 1.54) is 11.3 Å². The molecule has 3 rings (SSSR count). The van der Waals surface area contributed by atoms with Gasteiger partial charge in [0.1, 0.15) is 5.00 Å². The maximum atomic E-state index is 12.1. The standard InChI is InChI=1S/C18H19N3O3S/c19-15(22)14-12-7-4-8-13(12)25-18(14)21-17(24)16(23)20-10-9-11-5-2-1-3-6-11/h1-3,5-6H,4,7-10H2,(H2,19,22)(H,20,23)(H,21,24). The van der Waals surface area contributed by atoms with E-state index in [1.807, 2.05) is 30.3 Å². The van der Waals surface area contributed by atoms with Crippen LogP contribution in [0.5, 0.6) is 0 Å². The maximum absolute atomic E-state index is 12.1. The predicted molar refractivity (Wildman–Crippen MR) is 96.6 cm³/mol. The molecule has 7 heteroatoms. The lowest BCUT2D eigenvalue weighted by Gasteiger charge is -2.07. The van der Waals surface area contributed by atoms with Crippen molar-refractivity contribution < 1.29 is 14.4 Å². The first kappa shape index (κ1) is 17.2. The molecule has 0 fully saturated rings. The fourth-order valence-corrected chi connectivity index (χ4v) is 4.25. The minimum Gasteiger partial charge on any atom is -0.365 e. The number of fused-ring (bicyclic) bond motifs is 1. The average Bonchev–Trinajstić information content (AvgIpc) is 3.15. The number of rotatable bonds is 5. The SMILES string of the molecule is NC(=O)c1c(NC(=O)C(=O)NCCc2ccccc2)sc2c1CCC2. The minimum atomic E-state index is -0.782. The summed E-state index contributed by atoms with van der Waals surface area (Å²) in [5.74, 6) is -2.07. The van der Waals surface area contributed by atoms with E-state index in [0.29, 0.717) is 23.5 Å². The molecule has 0 spiro atoms. The van der Waals surface area contributed by atoms with E-state index >= 15 is 0 Å². The number of primary amides is 1. The summed E-state index contributed by atoms with van der Waals surface area (Å²) in [5, 5.41) is 5.50. The van der Waals surface area contributed by atoms with E-state index in [4.69, 9.17) is 5.73 Å². The third-order valence-corrected chi connectivity index (χ3v) is 5.35. The van der Waals surface area contributed by atoms with Gasteiger partial charge in [0, 0.05) is 11.4 Å². The van der Waals surface area contributed by atoms with E-state index in [0.717, 1.165) is 35.3 Å². The van der Waals surface area contributed by atoms with Crippen LogP contribution in [0.25, 0.3) is 0 Å². The molecule has 3 amide bonds. The first-order chi connectivity index (χ1) is 12.1. The molecule has 1 aliphatic rings. The molecule has 0 bridgehead atoms. The molecular formula is C18H19N3O3S. The molecule has 6 nitrogen and oxygen atoms in total. The molecule has 2 aromatic rings. The number of carbonyl (C=O) groups excluding carboxylic acids is 3. The van der Waals surface area contributed by atoms with E-state index in [-0.39, 0.29) is 0 Å². The van der Waals surface area contributed by atoms with Crippen molar-refractivity contribution >= 4 is 34.1 Å². The highest BCUT2D eigenvalue weighted by Crippen LogP contribution is 2.38. The number of benzene rings is 1. The van der Waals surface area contributed by atoms with Gasteiger partial charge in [-0.1, -0.05) is 30.3 Å². The normalized spacial score (nSPS) is 12.5. The molecular weight excluding hydrogens is 338 g/mol. The summed E-state index contributed by atoms with van der Waals surface area (Å²) in [6.07, 6.45) is 3.28. The van der Waals surface area contributed by atoms with Crippen LogP contribution in [0.2, 0.25) is 0 Å². The van der Waals surface area contributed by atoms with Gasteiger partial charge in [-0.25, -0.2) is 0 Å². The molecule has 1 heterocycles. The number of aryl methyl sites for hydroxylation is 1. The lowest BCUT2D eigenvalue weighted by Crippen LogP contribution is -2.36. The second-order valence-electron chi connectivity index (χ2n) is 5.87. The summed E-state index contributed by atoms with van der Waals surface area (Å²) in [4.78, 5) is 36.8. The van der Waals surface area contributed by atoms with Crippen molar-refractivity contribution in [2.24, 2.45) is 5.73 Å². The number of amides is 3. The van der Waals surface area contributed by atoms with Crippen molar-refractivity contribution in [3.8, 4) is 0 Å². The Morgan fingerprint density at radius 3 is 2.56 bits per heavy atom. The summed E-state index contributed by atoms with van der Waals surface area (Å²) in [7, 11) is 0. The van der Waals surface area contributed by atoms with Crippen LogP contribution in [0.15, 0.2) is 30.3 Å². The van der Waals surface area contributed by atoms with Crippen molar-refractivity contribution in [2.75, 3.05) is 11.9 Å². The maximum Gasteiger partial charge on any atom is 0.314 e. The van der Waals surface area contributed by atoms with Gasteiger partial charge in [-0.3, -0.25) is 14.4 Å². The van der Waals surface area contributed by atoms with Crippen molar-refractivity contribution in [1.29, 1.82) is 0 Å². The van der Waals surface area contributed by atoms with Gasteiger partial charge in [0.15, 0.2) is 0 Å². The molecule has 0 atom stereocenters. The van der Waals surface area contributed by atoms with Gasteiger partial charge in [-0.05, 0) is 36.8 Å². The van der Waals surface area contributed by atoms with E-state index in [9.17, 15) is 14.4 Å². The van der Waals surface area contributed by atoms with Crippen LogP contribution in [-0.4, -0.2) is 24.3 Å². The Morgan fingerprint density at radius 2 is 1.84 bits per heavy atom. The molecule has 1 aromatic heterocycles. The number of carbonyl (C=O) groups is 3. The Kier molecular flexibility index (Phi) is 5.14. The summed E-state index contributed by atoms with van der Waals surface area (Å²) in [5.41, 5.74) is 7.79. The molecule has 4 N–H and O–H groups in total. The van der Waals surface area contributed by atoms with Crippen molar-refractivity contribution in [3.05, 3.63) is 51.9 Å². The monoisotopic (exact) mass is 357 g/mol. The Hall–Kier alpha value is -2.67. The number of hydrogen-bond donors (Lipinski definition) is 3. The average molecular weight is 357 g/mol. The molecule has 1 aliphatic carbocycles. The summed E-state index contributed by atoms with van der Waals surface area (Å²) < 4.78 is 0. The Balaban J connectivity index is 1.59. The molecule has 25 heavy (non-hydrogen) atoms. The zero-order chi connectivity index (χ0) is 17.8. The number of hydrogen-bond acceptors (Lipinski definition) is 4. The zero-order valence-electron chi connectivity index (χ0n) is 13.6. The lowest BCUT2D eigenvalue weighted by atomic mass is 10.1. The summed E-state index contributed by atoms with van der Waals surface area (Å²) in [6, 6.07) is 9.68. The highest BCUT2D eigenvalue weighted by molar-refractivity contribution is 7.17. The van der Waals surface area contributed by atoms with Gasteiger partial charge in [-0.2, -0.15) is 0 Å². The van der Waals surface area contributed by atoms with Crippen LogP contribution in [0.3, 0.4) is 0 Å². The van der Waals surface area contributed by atoms with Crippen molar-refractivity contribution in [1.82, 2.24) is 5.32 Å². The molecule has 0 radical (unpaired) electrons. The highest BCUT2D eigenvalue weighted by Gasteiger charge is 2.27. The van der Waals surface area contributed by atoms with Gasteiger partial charge < -0.3 is 16.4 Å².